The summed E-state index contributed by atoms with van der Waals surface area (Å²) in [7, 11) is 0. The second-order valence-corrected chi connectivity index (χ2v) is 6.14. The van der Waals surface area contributed by atoms with Gasteiger partial charge in [-0.2, -0.15) is 0 Å². The lowest BCUT2D eigenvalue weighted by Crippen LogP contribution is -2.43. The highest BCUT2D eigenvalue weighted by atomic mass is 32.2. The van der Waals surface area contributed by atoms with E-state index in [-0.39, 0.29) is 24.9 Å². The summed E-state index contributed by atoms with van der Waals surface area (Å²) in [6, 6.07) is 0.00193. The van der Waals surface area contributed by atoms with Crippen LogP contribution >= 0.6 is 11.8 Å². The summed E-state index contributed by atoms with van der Waals surface area (Å²) >= 11 is 1.31. The van der Waals surface area contributed by atoms with Crippen LogP contribution in [0.1, 0.15) is 18.9 Å². The molecule has 1 aliphatic carbocycles. The zero-order chi connectivity index (χ0) is 14.8. The highest BCUT2D eigenvalue weighted by molar-refractivity contribution is 7.99. The Labute approximate surface area is 125 Å². The zero-order valence-electron chi connectivity index (χ0n) is 11.3. The number of hydrogen-bond acceptors (Lipinski definition) is 6. The molecular weight excluding hydrogens is 296 g/mol. The lowest BCUT2D eigenvalue weighted by Gasteiger charge is -2.15. The number of carboxylic acid groups (broad SMARTS) is 1. The number of carbonyl (C=O) groups excluding carboxylic acids is 1. The SMILES string of the molecule is O=C(CSc1nncn1C1CC1)NC1COCC1C(=O)O. The highest BCUT2D eigenvalue weighted by Crippen LogP contribution is 2.37. The third kappa shape index (κ3) is 3.35. The van der Waals surface area contributed by atoms with Crippen molar-refractivity contribution in [3.8, 4) is 0 Å². The van der Waals surface area contributed by atoms with Gasteiger partial charge in [0.25, 0.3) is 0 Å². The minimum absolute atomic E-state index is 0.142. The first-order valence-corrected chi connectivity index (χ1v) is 7.76. The second kappa shape index (κ2) is 6.02. The van der Waals surface area contributed by atoms with E-state index in [4.69, 9.17) is 9.84 Å². The molecule has 1 aromatic rings. The molecule has 1 amide bonds. The van der Waals surface area contributed by atoms with Gasteiger partial charge >= 0.3 is 5.97 Å². The van der Waals surface area contributed by atoms with Gasteiger partial charge in [-0.3, -0.25) is 9.59 Å². The normalized spacial score (nSPS) is 25.0. The van der Waals surface area contributed by atoms with Crippen molar-refractivity contribution in [1.29, 1.82) is 0 Å². The Morgan fingerprint density at radius 2 is 2.29 bits per heavy atom. The third-order valence-corrected chi connectivity index (χ3v) is 4.51. The van der Waals surface area contributed by atoms with Crippen molar-refractivity contribution >= 4 is 23.6 Å². The number of rotatable bonds is 6. The van der Waals surface area contributed by atoms with Gasteiger partial charge in [-0.15, -0.1) is 10.2 Å². The summed E-state index contributed by atoms with van der Waals surface area (Å²) in [6.45, 7) is 0.384. The van der Waals surface area contributed by atoms with E-state index in [1.807, 2.05) is 4.57 Å². The first kappa shape index (κ1) is 14.3. The van der Waals surface area contributed by atoms with Crippen molar-refractivity contribution in [3.05, 3.63) is 6.33 Å². The molecule has 2 N–H and O–H groups in total. The summed E-state index contributed by atoms with van der Waals surface area (Å²) in [5.74, 6) is -1.64. The van der Waals surface area contributed by atoms with E-state index in [1.54, 1.807) is 6.33 Å². The number of nitrogens with zero attached hydrogens (tertiary/aromatic N) is 3. The molecule has 2 unspecified atom stereocenters. The average molecular weight is 312 g/mol. The van der Waals surface area contributed by atoms with Gasteiger partial charge in [0.05, 0.1) is 25.0 Å². The number of nitrogens with one attached hydrogen (secondary N) is 1. The molecule has 9 heteroatoms. The van der Waals surface area contributed by atoms with Crippen LogP contribution in [-0.4, -0.2) is 56.8 Å². The fourth-order valence-corrected chi connectivity index (χ4v) is 3.05. The van der Waals surface area contributed by atoms with Crippen LogP contribution in [0, 0.1) is 5.92 Å². The van der Waals surface area contributed by atoms with Crippen LogP contribution in [0.25, 0.3) is 0 Å². The average Bonchev–Trinajstić information content (AvgIpc) is 3.00. The largest absolute Gasteiger partial charge is 0.481 e. The van der Waals surface area contributed by atoms with Gasteiger partial charge < -0.3 is 19.7 Å². The van der Waals surface area contributed by atoms with Crippen LogP contribution in [0.3, 0.4) is 0 Å². The van der Waals surface area contributed by atoms with Crippen molar-refractivity contribution in [1.82, 2.24) is 20.1 Å². The quantitative estimate of drug-likeness (QED) is 0.708. The summed E-state index contributed by atoms with van der Waals surface area (Å²) in [5, 5.41) is 20.3. The van der Waals surface area contributed by atoms with E-state index in [9.17, 15) is 9.59 Å². The maximum Gasteiger partial charge on any atom is 0.311 e. The molecule has 0 spiro atoms. The van der Waals surface area contributed by atoms with Gasteiger partial charge in [0, 0.05) is 6.04 Å². The minimum Gasteiger partial charge on any atom is -0.481 e. The van der Waals surface area contributed by atoms with Crippen LogP contribution in [0.15, 0.2) is 11.5 Å². The Morgan fingerprint density at radius 3 is 3.00 bits per heavy atom. The second-order valence-electron chi connectivity index (χ2n) is 5.20. The summed E-state index contributed by atoms with van der Waals surface area (Å²) in [4.78, 5) is 22.9. The molecule has 0 radical (unpaired) electrons. The van der Waals surface area contributed by atoms with Crippen molar-refractivity contribution in [2.45, 2.75) is 30.1 Å². The van der Waals surface area contributed by atoms with Gasteiger partial charge in [0.1, 0.15) is 12.2 Å². The van der Waals surface area contributed by atoms with E-state index in [0.29, 0.717) is 6.04 Å². The Hall–Kier alpha value is -1.61. The molecule has 1 saturated heterocycles. The fourth-order valence-electron chi connectivity index (χ4n) is 2.26. The van der Waals surface area contributed by atoms with E-state index >= 15 is 0 Å². The van der Waals surface area contributed by atoms with Crippen molar-refractivity contribution in [2.24, 2.45) is 5.92 Å². The van der Waals surface area contributed by atoms with Gasteiger partial charge in [-0.25, -0.2) is 0 Å². The fraction of sp³-hybridized carbons (Fsp3) is 0.667. The Morgan fingerprint density at radius 1 is 1.48 bits per heavy atom. The van der Waals surface area contributed by atoms with Crippen LogP contribution in [0.4, 0.5) is 0 Å². The first-order valence-electron chi connectivity index (χ1n) is 6.77. The van der Waals surface area contributed by atoms with Crippen molar-refractivity contribution in [2.75, 3.05) is 19.0 Å². The summed E-state index contributed by atoms with van der Waals surface area (Å²) < 4.78 is 7.10. The molecule has 1 aromatic heterocycles. The summed E-state index contributed by atoms with van der Waals surface area (Å²) in [5.41, 5.74) is 0. The van der Waals surface area contributed by atoms with E-state index in [2.05, 4.69) is 15.5 Å². The molecule has 3 rings (SSSR count). The lowest BCUT2D eigenvalue weighted by atomic mass is 10.0. The molecule has 8 nitrogen and oxygen atoms in total. The number of aromatic nitrogens is 3. The Bertz CT molecular complexity index is 545. The Kier molecular flexibility index (Phi) is 4.11. The standard InChI is InChI=1S/C12H16N4O4S/c17-10(14-9-4-20-3-8(9)11(18)19)5-21-12-15-13-6-16(12)7-1-2-7/h6-9H,1-5H2,(H,14,17)(H,18,19). The number of thioether (sulfide) groups is 1. The maximum absolute atomic E-state index is 11.9. The van der Waals surface area contributed by atoms with Crippen molar-refractivity contribution < 1.29 is 19.4 Å². The van der Waals surface area contributed by atoms with Gasteiger partial charge in [0.2, 0.25) is 5.91 Å². The summed E-state index contributed by atoms with van der Waals surface area (Å²) in [6.07, 6.45) is 3.93. The predicted molar refractivity (Wildman–Crippen MR) is 72.9 cm³/mol. The highest BCUT2D eigenvalue weighted by Gasteiger charge is 2.35. The number of carbonyl (C=O) groups is 2. The van der Waals surface area contributed by atoms with Gasteiger partial charge in [-0.1, -0.05) is 11.8 Å². The molecule has 114 valence electrons. The molecule has 21 heavy (non-hydrogen) atoms. The van der Waals surface area contributed by atoms with Crippen molar-refractivity contribution in [3.63, 3.8) is 0 Å². The van der Waals surface area contributed by atoms with E-state index in [1.165, 1.54) is 11.8 Å². The number of hydrogen-bond donors (Lipinski definition) is 2. The molecule has 2 heterocycles. The first-order chi connectivity index (χ1) is 10.1. The third-order valence-electron chi connectivity index (χ3n) is 3.56. The molecule has 2 fully saturated rings. The monoisotopic (exact) mass is 312 g/mol. The molecule has 1 aliphatic heterocycles. The minimum atomic E-state index is -0.945. The molecule has 1 saturated carbocycles. The topological polar surface area (TPSA) is 106 Å². The van der Waals surface area contributed by atoms with Crippen LogP contribution < -0.4 is 5.32 Å². The van der Waals surface area contributed by atoms with Crippen LogP contribution in [0.5, 0.6) is 0 Å². The number of aliphatic carboxylic acids is 1. The molecule has 0 bridgehead atoms. The smallest absolute Gasteiger partial charge is 0.311 e. The van der Waals surface area contributed by atoms with Crippen LogP contribution in [0.2, 0.25) is 0 Å². The van der Waals surface area contributed by atoms with E-state index < -0.39 is 17.9 Å². The maximum atomic E-state index is 11.9. The van der Waals surface area contributed by atoms with E-state index in [0.717, 1.165) is 18.0 Å². The molecule has 0 aromatic carbocycles. The number of carboxylic acids is 1. The van der Waals surface area contributed by atoms with Gasteiger partial charge in [0.15, 0.2) is 5.16 Å². The zero-order valence-corrected chi connectivity index (χ0v) is 12.1. The molecular formula is C12H16N4O4S. The number of amides is 1. The molecule has 2 atom stereocenters. The van der Waals surface area contributed by atoms with Gasteiger partial charge in [-0.05, 0) is 12.8 Å². The Balaban J connectivity index is 1.50. The van der Waals surface area contributed by atoms with Crippen LogP contribution in [-0.2, 0) is 14.3 Å². The predicted octanol–water partition coefficient (Wildman–Crippen LogP) is -0.0791. The number of ether oxygens (including phenoxy) is 1. The lowest BCUT2D eigenvalue weighted by molar-refractivity contribution is -0.142. The molecule has 2 aliphatic rings.